The summed E-state index contributed by atoms with van der Waals surface area (Å²) in [6, 6.07) is 5.76. The van der Waals surface area contributed by atoms with E-state index in [1.54, 1.807) is 6.07 Å². The molecule has 0 saturated carbocycles. The third-order valence-electron chi connectivity index (χ3n) is 1.57. The van der Waals surface area contributed by atoms with Crippen molar-refractivity contribution >= 4 is 22.6 Å². The summed E-state index contributed by atoms with van der Waals surface area (Å²) in [4.78, 5) is 21.3. The van der Waals surface area contributed by atoms with Crippen molar-refractivity contribution < 1.29 is 9.72 Å². The molecule has 0 spiro atoms. The molecule has 0 radical (unpaired) electrons. The van der Waals surface area contributed by atoms with Gasteiger partial charge in [0.1, 0.15) is 0 Å². The zero-order valence-electron chi connectivity index (χ0n) is 7.60. The van der Waals surface area contributed by atoms with Crippen molar-refractivity contribution in [3.8, 4) is 0 Å². The zero-order valence-corrected chi connectivity index (χ0v) is 8.41. The van der Waals surface area contributed by atoms with Gasteiger partial charge in [0.15, 0.2) is 0 Å². The van der Waals surface area contributed by atoms with Gasteiger partial charge in [0.2, 0.25) is 5.12 Å². The molecule has 0 aromatic heterocycles. The topological polar surface area (TPSA) is 60.2 Å². The van der Waals surface area contributed by atoms with Crippen molar-refractivity contribution in [2.75, 3.05) is 5.75 Å². The molecule has 0 heterocycles. The van der Waals surface area contributed by atoms with E-state index in [2.05, 4.69) is 0 Å². The Balaban J connectivity index is 2.93. The molecule has 0 atom stereocenters. The first-order valence-electron chi connectivity index (χ1n) is 4.06. The highest BCUT2D eigenvalue weighted by atomic mass is 32.2. The summed E-state index contributed by atoms with van der Waals surface area (Å²) in [6.45, 7) is 1.86. The summed E-state index contributed by atoms with van der Waals surface area (Å²) >= 11 is 1.14. The molecule has 74 valence electrons. The first-order valence-corrected chi connectivity index (χ1v) is 5.05. The molecule has 1 aromatic carbocycles. The molecule has 0 aliphatic heterocycles. The van der Waals surface area contributed by atoms with Gasteiger partial charge in [0.05, 0.1) is 4.92 Å². The molecule has 5 heteroatoms. The molecule has 0 amide bonds. The van der Waals surface area contributed by atoms with Gasteiger partial charge in [-0.3, -0.25) is 14.9 Å². The standard InChI is InChI=1S/C9H9NO3S/c1-2-14-9(11)7-4-3-5-8(6-7)10(12)13/h3-6H,2H2,1H3. The van der Waals surface area contributed by atoms with Crippen LogP contribution in [0.25, 0.3) is 0 Å². The zero-order chi connectivity index (χ0) is 10.6. The molecule has 0 saturated heterocycles. The predicted molar refractivity (Wildman–Crippen MR) is 55.6 cm³/mol. The highest BCUT2D eigenvalue weighted by molar-refractivity contribution is 8.14. The maximum absolute atomic E-state index is 11.4. The van der Waals surface area contributed by atoms with E-state index in [-0.39, 0.29) is 10.8 Å². The Bertz CT molecular complexity index is 365. The summed E-state index contributed by atoms with van der Waals surface area (Å²) in [6.07, 6.45) is 0. The number of hydrogen-bond donors (Lipinski definition) is 0. The van der Waals surface area contributed by atoms with Gasteiger partial charge in [-0.1, -0.05) is 24.8 Å². The lowest BCUT2D eigenvalue weighted by atomic mass is 10.2. The number of thioether (sulfide) groups is 1. The van der Waals surface area contributed by atoms with Crippen LogP contribution in [0.15, 0.2) is 24.3 Å². The summed E-state index contributed by atoms with van der Waals surface area (Å²) < 4.78 is 0. The van der Waals surface area contributed by atoms with Crippen LogP contribution in [0.4, 0.5) is 5.69 Å². The van der Waals surface area contributed by atoms with Gasteiger partial charge in [0.25, 0.3) is 5.69 Å². The number of hydrogen-bond acceptors (Lipinski definition) is 4. The molecular formula is C9H9NO3S. The molecular weight excluding hydrogens is 202 g/mol. The van der Waals surface area contributed by atoms with Crippen molar-refractivity contribution in [3.63, 3.8) is 0 Å². The van der Waals surface area contributed by atoms with Crippen LogP contribution in [-0.4, -0.2) is 15.8 Å². The van der Waals surface area contributed by atoms with Crippen molar-refractivity contribution in [1.82, 2.24) is 0 Å². The second-order valence-electron chi connectivity index (χ2n) is 2.53. The smallest absolute Gasteiger partial charge is 0.270 e. The fraction of sp³-hybridized carbons (Fsp3) is 0.222. The highest BCUT2D eigenvalue weighted by Gasteiger charge is 2.10. The molecule has 4 nitrogen and oxygen atoms in total. The predicted octanol–water partition coefficient (Wildman–Crippen LogP) is 2.49. The number of nitro benzene ring substituents is 1. The minimum atomic E-state index is -0.507. The van der Waals surface area contributed by atoms with E-state index in [0.717, 1.165) is 11.8 Å². The third kappa shape index (κ3) is 2.56. The SMILES string of the molecule is CCSC(=O)c1cccc([N+](=O)[O-])c1. The van der Waals surface area contributed by atoms with Crippen LogP contribution < -0.4 is 0 Å². The summed E-state index contributed by atoms with van der Waals surface area (Å²) in [5.41, 5.74) is 0.332. The van der Waals surface area contributed by atoms with E-state index in [1.807, 2.05) is 6.92 Å². The molecule has 1 rings (SSSR count). The second kappa shape index (κ2) is 4.76. The number of nitro groups is 1. The van der Waals surface area contributed by atoms with Crippen molar-refractivity contribution in [2.45, 2.75) is 6.92 Å². The number of carbonyl (C=O) groups is 1. The van der Waals surface area contributed by atoms with Gasteiger partial charge in [-0.15, -0.1) is 0 Å². The fourth-order valence-corrected chi connectivity index (χ4v) is 1.52. The Hall–Kier alpha value is -1.36. The molecule has 1 aromatic rings. The van der Waals surface area contributed by atoms with Crippen LogP contribution >= 0.6 is 11.8 Å². The molecule has 0 aliphatic rings. The monoisotopic (exact) mass is 211 g/mol. The average Bonchev–Trinajstić information content (AvgIpc) is 2.18. The summed E-state index contributed by atoms with van der Waals surface area (Å²) in [5, 5.41) is 10.3. The first-order chi connectivity index (χ1) is 6.65. The van der Waals surface area contributed by atoms with E-state index in [1.165, 1.54) is 18.2 Å². The van der Waals surface area contributed by atoms with Gasteiger partial charge in [-0.2, -0.15) is 0 Å². The Labute approximate surface area is 85.5 Å². The van der Waals surface area contributed by atoms with Crippen LogP contribution in [0.2, 0.25) is 0 Å². The molecule has 0 fully saturated rings. The van der Waals surface area contributed by atoms with E-state index < -0.39 is 4.92 Å². The Morgan fingerprint density at radius 2 is 2.29 bits per heavy atom. The van der Waals surface area contributed by atoms with Gasteiger partial charge in [-0.25, -0.2) is 0 Å². The molecule has 0 aliphatic carbocycles. The first kappa shape index (κ1) is 10.7. The van der Waals surface area contributed by atoms with Gasteiger partial charge in [-0.05, 0) is 11.8 Å². The number of non-ortho nitro benzene ring substituents is 1. The lowest BCUT2D eigenvalue weighted by Gasteiger charge is -1.97. The Morgan fingerprint density at radius 1 is 1.57 bits per heavy atom. The van der Waals surface area contributed by atoms with Gasteiger partial charge >= 0.3 is 0 Å². The minimum absolute atomic E-state index is 0.0486. The maximum Gasteiger partial charge on any atom is 0.270 e. The van der Waals surface area contributed by atoms with Crippen molar-refractivity contribution in [3.05, 3.63) is 39.9 Å². The largest absolute Gasteiger partial charge is 0.282 e. The van der Waals surface area contributed by atoms with E-state index in [9.17, 15) is 14.9 Å². The number of rotatable bonds is 3. The van der Waals surface area contributed by atoms with Crippen LogP contribution in [-0.2, 0) is 0 Å². The van der Waals surface area contributed by atoms with Gasteiger partial charge in [0, 0.05) is 17.7 Å². The van der Waals surface area contributed by atoms with E-state index >= 15 is 0 Å². The summed E-state index contributed by atoms with van der Waals surface area (Å²) in [5.74, 6) is 0.668. The number of benzene rings is 1. The number of nitrogens with zero attached hydrogens (tertiary/aromatic N) is 1. The van der Waals surface area contributed by atoms with Crippen molar-refractivity contribution in [2.24, 2.45) is 0 Å². The lowest BCUT2D eigenvalue weighted by Crippen LogP contribution is -1.95. The Morgan fingerprint density at radius 3 is 2.86 bits per heavy atom. The van der Waals surface area contributed by atoms with Crippen LogP contribution in [0.1, 0.15) is 17.3 Å². The van der Waals surface area contributed by atoms with Crippen LogP contribution in [0.5, 0.6) is 0 Å². The fourth-order valence-electron chi connectivity index (χ4n) is 0.961. The second-order valence-corrected chi connectivity index (χ2v) is 3.76. The Kier molecular flexibility index (Phi) is 3.64. The molecule has 14 heavy (non-hydrogen) atoms. The van der Waals surface area contributed by atoms with Crippen molar-refractivity contribution in [1.29, 1.82) is 0 Å². The highest BCUT2D eigenvalue weighted by Crippen LogP contribution is 2.17. The maximum atomic E-state index is 11.4. The minimum Gasteiger partial charge on any atom is -0.282 e. The van der Waals surface area contributed by atoms with E-state index in [0.29, 0.717) is 11.3 Å². The molecule has 0 unspecified atom stereocenters. The quantitative estimate of drug-likeness (QED) is 0.569. The van der Waals surface area contributed by atoms with Gasteiger partial charge < -0.3 is 0 Å². The number of carbonyl (C=O) groups excluding carboxylic acids is 1. The molecule has 0 N–H and O–H groups in total. The molecule has 0 bridgehead atoms. The summed E-state index contributed by atoms with van der Waals surface area (Å²) in [7, 11) is 0. The van der Waals surface area contributed by atoms with Crippen LogP contribution in [0, 0.1) is 10.1 Å². The average molecular weight is 211 g/mol. The third-order valence-corrected chi connectivity index (χ3v) is 2.35. The normalized spacial score (nSPS) is 9.79. The van der Waals surface area contributed by atoms with E-state index in [4.69, 9.17) is 0 Å². The van der Waals surface area contributed by atoms with Crippen LogP contribution in [0.3, 0.4) is 0 Å². The lowest BCUT2D eigenvalue weighted by molar-refractivity contribution is -0.384.